The van der Waals surface area contributed by atoms with Crippen LogP contribution >= 0.6 is 24.8 Å². The van der Waals surface area contributed by atoms with Gasteiger partial charge in [0.15, 0.2) is 0 Å². The normalized spacial score (nSPS) is 11.4. The molecule has 0 spiro atoms. The van der Waals surface area contributed by atoms with Gasteiger partial charge in [-0.05, 0) is 31.5 Å². The maximum absolute atomic E-state index is 12.0. The molecule has 2 rings (SSSR count). The predicted molar refractivity (Wildman–Crippen MR) is 95.2 cm³/mol. The van der Waals surface area contributed by atoms with Crippen LogP contribution < -0.4 is 5.32 Å². The number of hydrogen-bond acceptors (Lipinski definition) is 3. The predicted octanol–water partition coefficient (Wildman–Crippen LogP) is 3.49. The molecule has 0 bridgehead atoms. The zero-order chi connectivity index (χ0) is 14.4. The van der Waals surface area contributed by atoms with Crippen LogP contribution in [0.4, 0.5) is 0 Å². The minimum atomic E-state index is -0.283. The van der Waals surface area contributed by atoms with E-state index < -0.39 is 0 Å². The molecule has 0 aliphatic carbocycles. The molecule has 124 valence electrons. The summed E-state index contributed by atoms with van der Waals surface area (Å²) >= 11 is 0. The lowest BCUT2D eigenvalue weighted by atomic mass is 10.0. The molecule has 0 fully saturated rings. The molecule has 1 aromatic carbocycles. The summed E-state index contributed by atoms with van der Waals surface area (Å²) in [5.74, 6) is -0.175. The van der Waals surface area contributed by atoms with Crippen molar-refractivity contribution in [1.82, 2.24) is 10.3 Å². The number of para-hydroxylation sites is 1. The number of esters is 1. The number of aromatic amines is 1. The largest absolute Gasteiger partial charge is 0.465 e. The number of nitrogens with one attached hydrogen (secondary N) is 2. The van der Waals surface area contributed by atoms with Gasteiger partial charge in [-0.2, -0.15) is 0 Å². The molecule has 0 saturated carbocycles. The van der Waals surface area contributed by atoms with Crippen LogP contribution in [-0.2, 0) is 16.0 Å². The van der Waals surface area contributed by atoms with E-state index in [-0.39, 0.29) is 36.8 Å². The van der Waals surface area contributed by atoms with Crippen molar-refractivity contribution in [2.45, 2.75) is 32.7 Å². The first-order valence-electron chi connectivity index (χ1n) is 7.21. The fourth-order valence-corrected chi connectivity index (χ4v) is 2.32. The molecule has 1 aromatic heterocycles. The van der Waals surface area contributed by atoms with Crippen molar-refractivity contribution < 1.29 is 9.53 Å². The smallest absolute Gasteiger partial charge is 0.323 e. The number of benzene rings is 1. The monoisotopic (exact) mass is 346 g/mol. The summed E-state index contributed by atoms with van der Waals surface area (Å²) in [4.78, 5) is 15.3. The van der Waals surface area contributed by atoms with Gasteiger partial charge in [-0.3, -0.25) is 4.79 Å². The van der Waals surface area contributed by atoms with Crippen LogP contribution in [0, 0.1) is 0 Å². The van der Waals surface area contributed by atoms with E-state index in [1.54, 1.807) is 0 Å². The molecule has 1 heterocycles. The Labute approximate surface area is 143 Å². The van der Waals surface area contributed by atoms with Crippen molar-refractivity contribution in [2.75, 3.05) is 13.2 Å². The summed E-state index contributed by atoms with van der Waals surface area (Å²) < 4.78 is 5.15. The SMILES string of the molecule is CCCNC(Cc1c[nH]c2ccccc12)C(=O)OCC.Cl.Cl. The van der Waals surface area contributed by atoms with Gasteiger partial charge in [0.25, 0.3) is 0 Å². The maximum atomic E-state index is 12.0. The van der Waals surface area contributed by atoms with E-state index in [4.69, 9.17) is 4.74 Å². The fraction of sp³-hybridized carbons (Fsp3) is 0.438. The molecule has 2 N–H and O–H groups in total. The number of ether oxygens (including phenoxy) is 1. The van der Waals surface area contributed by atoms with E-state index in [0.29, 0.717) is 13.0 Å². The summed E-state index contributed by atoms with van der Waals surface area (Å²) in [6, 6.07) is 7.84. The van der Waals surface area contributed by atoms with Gasteiger partial charge in [0.05, 0.1) is 6.61 Å². The van der Waals surface area contributed by atoms with Crippen molar-refractivity contribution in [3.63, 3.8) is 0 Å². The molecule has 0 saturated heterocycles. The topological polar surface area (TPSA) is 54.1 Å². The number of halogens is 2. The van der Waals surface area contributed by atoms with Crippen LogP contribution in [0.1, 0.15) is 25.8 Å². The molecule has 1 atom stereocenters. The third kappa shape index (κ3) is 5.20. The number of carbonyl (C=O) groups excluding carboxylic acids is 1. The molecule has 4 nitrogen and oxygen atoms in total. The molecule has 0 aliphatic rings. The van der Waals surface area contributed by atoms with E-state index in [1.165, 1.54) is 5.39 Å². The van der Waals surface area contributed by atoms with E-state index in [2.05, 4.69) is 23.3 Å². The Morgan fingerprint density at radius 3 is 2.68 bits per heavy atom. The average molecular weight is 347 g/mol. The molecule has 6 heteroatoms. The number of fused-ring (bicyclic) bond motifs is 1. The Hall–Kier alpha value is -1.23. The van der Waals surface area contributed by atoms with Crippen molar-refractivity contribution >= 4 is 41.7 Å². The van der Waals surface area contributed by atoms with Crippen LogP contribution in [0.15, 0.2) is 30.5 Å². The van der Waals surface area contributed by atoms with Crippen LogP contribution in [0.25, 0.3) is 10.9 Å². The lowest BCUT2D eigenvalue weighted by Gasteiger charge is -2.16. The lowest BCUT2D eigenvalue weighted by Crippen LogP contribution is -2.40. The summed E-state index contributed by atoms with van der Waals surface area (Å²) in [6.45, 7) is 5.14. The van der Waals surface area contributed by atoms with Gasteiger partial charge in [-0.15, -0.1) is 24.8 Å². The fourth-order valence-electron chi connectivity index (χ4n) is 2.32. The van der Waals surface area contributed by atoms with Crippen LogP contribution in [-0.4, -0.2) is 30.1 Å². The number of rotatable bonds is 7. The standard InChI is InChI=1S/C16H22N2O2.2ClH/c1-3-9-17-15(16(19)20-4-2)10-12-11-18-14-8-6-5-7-13(12)14;;/h5-8,11,15,17-18H,3-4,9-10H2,1-2H3;2*1H. The van der Waals surface area contributed by atoms with Gasteiger partial charge >= 0.3 is 5.97 Å². The quantitative estimate of drug-likeness (QED) is 0.754. The highest BCUT2D eigenvalue weighted by Gasteiger charge is 2.20. The summed E-state index contributed by atoms with van der Waals surface area (Å²) in [7, 11) is 0. The minimum absolute atomic E-state index is 0. The van der Waals surface area contributed by atoms with E-state index in [1.807, 2.05) is 31.3 Å². The first-order chi connectivity index (χ1) is 9.76. The van der Waals surface area contributed by atoms with Gasteiger partial charge in [0, 0.05) is 23.5 Å². The minimum Gasteiger partial charge on any atom is -0.465 e. The summed E-state index contributed by atoms with van der Waals surface area (Å²) in [5, 5.41) is 4.44. The van der Waals surface area contributed by atoms with Crippen molar-refractivity contribution in [1.29, 1.82) is 0 Å². The van der Waals surface area contributed by atoms with Gasteiger partial charge in [0.1, 0.15) is 6.04 Å². The molecular formula is C16H24Cl2N2O2. The summed E-state index contributed by atoms with van der Waals surface area (Å²) in [6.07, 6.45) is 3.61. The van der Waals surface area contributed by atoms with Crippen molar-refractivity contribution in [2.24, 2.45) is 0 Å². The van der Waals surface area contributed by atoms with E-state index in [9.17, 15) is 4.79 Å². The third-order valence-corrected chi connectivity index (χ3v) is 3.31. The van der Waals surface area contributed by atoms with Crippen molar-refractivity contribution in [3.8, 4) is 0 Å². The Balaban J connectivity index is 0.00000220. The van der Waals surface area contributed by atoms with E-state index in [0.717, 1.165) is 24.0 Å². The summed E-state index contributed by atoms with van der Waals surface area (Å²) in [5.41, 5.74) is 2.24. The number of hydrogen-bond donors (Lipinski definition) is 2. The maximum Gasteiger partial charge on any atom is 0.323 e. The Morgan fingerprint density at radius 2 is 2.00 bits per heavy atom. The third-order valence-electron chi connectivity index (χ3n) is 3.31. The Morgan fingerprint density at radius 1 is 1.27 bits per heavy atom. The zero-order valence-electron chi connectivity index (χ0n) is 12.9. The first kappa shape index (κ1) is 20.8. The van der Waals surface area contributed by atoms with Crippen LogP contribution in [0.5, 0.6) is 0 Å². The lowest BCUT2D eigenvalue weighted by molar-refractivity contribution is -0.145. The van der Waals surface area contributed by atoms with Crippen LogP contribution in [0.2, 0.25) is 0 Å². The highest BCUT2D eigenvalue weighted by atomic mass is 35.5. The Kier molecular flexibility index (Phi) is 9.90. The molecular weight excluding hydrogens is 323 g/mol. The van der Waals surface area contributed by atoms with Gasteiger partial charge in [0.2, 0.25) is 0 Å². The second-order valence-corrected chi connectivity index (χ2v) is 4.82. The highest BCUT2D eigenvalue weighted by molar-refractivity contribution is 5.86. The van der Waals surface area contributed by atoms with Gasteiger partial charge in [-0.25, -0.2) is 0 Å². The highest BCUT2D eigenvalue weighted by Crippen LogP contribution is 2.19. The second-order valence-electron chi connectivity index (χ2n) is 4.82. The number of H-pyrrole nitrogens is 1. The molecule has 0 amide bonds. The molecule has 0 aliphatic heterocycles. The first-order valence-corrected chi connectivity index (χ1v) is 7.21. The number of carbonyl (C=O) groups is 1. The molecule has 2 aromatic rings. The zero-order valence-corrected chi connectivity index (χ0v) is 14.6. The van der Waals surface area contributed by atoms with Gasteiger partial charge in [-0.1, -0.05) is 25.1 Å². The molecule has 22 heavy (non-hydrogen) atoms. The Bertz CT molecular complexity index is 572. The van der Waals surface area contributed by atoms with E-state index >= 15 is 0 Å². The average Bonchev–Trinajstić information content (AvgIpc) is 2.87. The second kappa shape index (κ2) is 10.5. The molecule has 1 unspecified atom stereocenters. The molecule has 0 radical (unpaired) electrons. The number of aromatic nitrogens is 1. The van der Waals surface area contributed by atoms with Crippen molar-refractivity contribution in [3.05, 3.63) is 36.0 Å². The van der Waals surface area contributed by atoms with Crippen LogP contribution in [0.3, 0.4) is 0 Å². The van der Waals surface area contributed by atoms with Gasteiger partial charge < -0.3 is 15.0 Å².